The molecule has 2 rings (SSSR count). The number of benzene rings is 1. The first kappa shape index (κ1) is 15.0. The monoisotopic (exact) mass is 318 g/mol. The summed E-state index contributed by atoms with van der Waals surface area (Å²) in [4.78, 5) is 2.49. The Labute approximate surface area is 118 Å². The molecule has 1 saturated heterocycles. The van der Waals surface area contributed by atoms with Gasteiger partial charge in [-0.1, -0.05) is 41.1 Å². The van der Waals surface area contributed by atoms with Crippen molar-refractivity contribution in [3.05, 3.63) is 34.3 Å². The van der Waals surface area contributed by atoms with Gasteiger partial charge in [0.15, 0.2) is 0 Å². The van der Waals surface area contributed by atoms with E-state index in [-0.39, 0.29) is 12.4 Å². The van der Waals surface area contributed by atoms with Crippen molar-refractivity contribution in [1.82, 2.24) is 4.90 Å². The van der Waals surface area contributed by atoms with Gasteiger partial charge in [0.25, 0.3) is 0 Å². The molecule has 0 aromatic heterocycles. The van der Waals surface area contributed by atoms with Crippen LogP contribution in [0, 0.1) is 5.92 Å². The van der Waals surface area contributed by atoms with Crippen LogP contribution in [0.25, 0.3) is 0 Å². The maximum Gasteiger partial charge on any atom is 0.0245 e. The van der Waals surface area contributed by atoms with Crippen LogP contribution < -0.4 is 5.73 Å². The van der Waals surface area contributed by atoms with Gasteiger partial charge in [-0.25, -0.2) is 0 Å². The molecule has 0 saturated carbocycles. The number of hydrogen-bond acceptors (Lipinski definition) is 2. The van der Waals surface area contributed by atoms with E-state index in [1.165, 1.54) is 10.0 Å². The second-order valence-electron chi connectivity index (χ2n) is 4.76. The third-order valence-corrected chi connectivity index (χ3v) is 4.18. The summed E-state index contributed by atoms with van der Waals surface area (Å²) in [5, 5.41) is 0. The number of nitrogens with two attached hydrogens (primary N) is 1. The highest BCUT2D eigenvalue weighted by atomic mass is 79.9. The van der Waals surface area contributed by atoms with Crippen LogP contribution in [0.2, 0.25) is 0 Å². The highest BCUT2D eigenvalue weighted by molar-refractivity contribution is 9.10. The summed E-state index contributed by atoms with van der Waals surface area (Å²) >= 11 is 3.60. The molecule has 17 heavy (non-hydrogen) atoms. The lowest BCUT2D eigenvalue weighted by Crippen LogP contribution is -2.45. The lowest BCUT2D eigenvalue weighted by molar-refractivity contribution is 0.157. The quantitative estimate of drug-likeness (QED) is 0.908. The SMILES string of the molecule is CC1CN(Cc2ccccc2Br)CCC1N.Cl. The Balaban J connectivity index is 0.00000144. The molecule has 2 atom stereocenters. The number of likely N-dealkylation sites (tertiary alicyclic amines) is 1. The first-order valence-electron chi connectivity index (χ1n) is 5.88. The first-order chi connectivity index (χ1) is 7.66. The molecule has 1 aromatic rings. The van der Waals surface area contributed by atoms with Crippen LogP contribution in [0.4, 0.5) is 0 Å². The molecule has 0 aliphatic carbocycles. The van der Waals surface area contributed by atoms with E-state index in [1.54, 1.807) is 0 Å². The Bertz CT molecular complexity index is 359. The zero-order valence-corrected chi connectivity index (χ0v) is 12.5. The molecule has 0 spiro atoms. The number of halogens is 2. The van der Waals surface area contributed by atoms with E-state index < -0.39 is 0 Å². The molecule has 1 fully saturated rings. The third kappa shape index (κ3) is 3.95. The molecule has 0 bridgehead atoms. The average Bonchev–Trinajstić information content (AvgIpc) is 2.27. The van der Waals surface area contributed by atoms with Crippen LogP contribution in [0.15, 0.2) is 28.7 Å². The first-order valence-corrected chi connectivity index (χ1v) is 6.67. The molecule has 4 heteroatoms. The van der Waals surface area contributed by atoms with Crippen LogP contribution >= 0.6 is 28.3 Å². The van der Waals surface area contributed by atoms with E-state index in [9.17, 15) is 0 Å². The molecule has 1 aromatic carbocycles. The van der Waals surface area contributed by atoms with Gasteiger partial charge in [0.2, 0.25) is 0 Å². The Morgan fingerprint density at radius 3 is 2.76 bits per heavy atom. The van der Waals surface area contributed by atoms with Gasteiger partial charge in [-0.3, -0.25) is 4.90 Å². The van der Waals surface area contributed by atoms with Gasteiger partial charge in [-0.15, -0.1) is 12.4 Å². The number of nitrogens with zero attached hydrogens (tertiary/aromatic N) is 1. The molecule has 0 amide bonds. The van der Waals surface area contributed by atoms with Gasteiger partial charge in [0.1, 0.15) is 0 Å². The Hall–Kier alpha value is -0.0900. The number of rotatable bonds is 2. The summed E-state index contributed by atoms with van der Waals surface area (Å²) in [6, 6.07) is 8.83. The van der Waals surface area contributed by atoms with Crippen molar-refractivity contribution in [1.29, 1.82) is 0 Å². The summed E-state index contributed by atoms with van der Waals surface area (Å²) in [7, 11) is 0. The zero-order valence-electron chi connectivity index (χ0n) is 10.1. The highest BCUT2D eigenvalue weighted by Gasteiger charge is 2.23. The normalized spacial score (nSPS) is 25.4. The van der Waals surface area contributed by atoms with Crippen LogP contribution in [-0.4, -0.2) is 24.0 Å². The molecular weight excluding hydrogens is 300 g/mol. The Morgan fingerprint density at radius 2 is 2.12 bits per heavy atom. The van der Waals surface area contributed by atoms with E-state index in [1.807, 2.05) is 0 Å². The second-order valence-corrected chi connectivity index (χ2v) is 5.61. The van der Waals surface area contributed by atoms with Crippen LogP contribution in [-0.2, 0) is 6.54 Å². The topological polar surface area (TPSA) is 29.3 Å². The van der Waals surface area contributed by atoms with Crippen molar-refractivity contribution in [2.24, 2.45) is 11.7 Å². The maximum absolute atomic E-state index is 6.03. The molecule has 96 valence electrons. The third-order valence-electron chi connectivity index (χ3n) is 3.41. The zero-order chi connectivity index (χ0) is 11.5. The van der Waals surface area contributed by atoms with Gasteiger partial charge in [0.05, 0.1) is 0 Å². The van der Waals surface area contributed by atoms with Crippen LogP contribution in [0.5, 0.6) is 0 Å². The largest absolute Gasteiger partial charge is 0.327 e. The number of piperidine rings is 1. The van der Waals surface area contributed by atoms with Gasteiger partial charge < -0.3 is 5.73 Å². The van der Waals surface area contributed by atoms with Crippen molar-refractivity contribution in [3.63, 3.8) is 0 Å². The summed E-state index contributed by atoms with van der Waals surface area (Å²) in [5.41, 5.74) is 7.39. The maximum atomic E-state index is 6.03. The lowest BCUT2D eigenvalue weighted by atomic mass is 9.94. The van der Waals surface area contributed by atoms with Crippen molar-refractivity contribution in [3.8, 4) is 0 Å². The molecule has 1 heterocycles. The molecule has 1 aliphatic heterocycles. The molecule has 0 radical (unpaired) electrons. The summed E-state index contributed by atoms with van der Waals surface area (Å²) in [6.07, 6.45) is 1.12. The van der Waals surface area contributed by atoms with Gasteiger partial charge >= 0.3 is 0 Å². The Morgan fingerprint density at radius 1 is 1.41 bits per heavy atom. The predicted molar refractivity (Wildman–Crippen MR) is 78.4 cm³/mol. The minimum absolute atomic E-state index is 0. The molecule has 2 N–H and O–H groups in total. The lowest BCUT2D eigenvalue weighted by Gasteiger charge is -2.35. The fraction of sp³-hybridized carbons (Fsp3) is 0.538. The van der Waals surface area contributed by atoms with Gasteiger partial charge in [0, 0.05) is 23.6 Å². The standard InChI is InChI=1S/C13H19BrN2.ClH/c1-10-8-16(7-6-13(10)15)9-11-4-2-3-5-12(11)14;/h2-5,10,13H,6-9,15H2,1H3;1H. The molecular formula is C13H20BrClN2. The van der Waals surface area contributed by atoms with E-state index >= 15 is 0 Å². The highest BCUT2D eigenvalue weighted by Crippen LogP contribution is 2.21. The second kappa shape index (κ2) is 6.74. The number of hydrogen-bond donors (Lipinski definition) is 1. The van der Waals surface area contributed by atoms with Gasteiger partial charge in [-0.05, 0) is 30.5 Å². The minimum Gasteiger partial charge on any atom is -0.327 e. The van der Waals surface area contributed by atoms with Crippen molar-refractivity contribution in [2.45, 2.75) is 25.9 Å². The molecule has 2 unspecified atom stereocenters. The van der Waals surface area contributed by atoms with E-state index in [4.69, 9.17) is 5.73 Å². The van der Waals surface area contributed by atoms with Gasteiger partial charge in [-0.2, -0.15) is 0 Å². The molecule has 1 aliphatic rings. The summed E-state index contributed by atoms with van der Waals surface area (Å²) < 4.78 is 1.21. The summed E-state index contributed by atoms with van der Waals surface area (Å²) in [5.74, 6) is 0.608. The van der Waals surface area contributed by atoms with Crippen molar-refractivity contribution in [2.75, 3.05) is 13.1 Å². The van der Waals surface area contributed by atoms with E-state index in [0.29, 0.717) is 12.0 Å². The van der Waals surface area contributed by atoms with Crippen LogP contribution in [0.3, 0.4) is 0 Å². The average molecular weight is 320 g/mol. The fourth-order valence-electron chi connectivity index (χ4n) is 2.26. The summed E-state index contributed by atoms with van der Waals surface area (Å²) in [6.45, 7) is 5.50. The predicted octanol–water partition coefficient (Wildman–Crippen LogP) is 3.04. The fourth-order valence-corrected chi connectivity index (χ4v) is 2.67. The minimum atomic E-state index is 0. The smallest absolute Gasteiger partial charge is 0.0245 e. The van der Waals surface area contributed by atoms with Crippen molar-refractivity contribution >= 4 is 28.3 Å². The van der Waals surface area contributed by atoms with E-state index in [0.717, 1.165) is 26.1 Å². The Kier molecular flexibility index (Phi) is 5.93. The van der Waals surface area contributed by atoms with E-state index in [2.05, 4.69) is 52.0 Å². The molecule has 2 nitrogen and oxygen atoms in total. The van der Waals surface area contributed by atoms with Crippen LogP contribution in [0.1, 0.15) is 18.9 Å². The van der Waals surface area contributed by atoms with Crippen molar-refractivity contribution < 1.29 is 0 Å².